The smallest absolute Gasteiger partial charge is 0.270 e. The van der Waals surface area contributed by atoms with Crippen LogP contribution in [0.25, 0.3) is 0 Å². The van der Waals surface area contributed by atoms with Crippen LogP contribution in [-0.2, 0) is 0 Å². The molecular formula is C16H18N2O3. The normalized spacial score (nSPS) is 11.7. The fraction of sp³-hybridized carbons (Fsp3) is 0.250. The molecule has 2 rings (SSSR count). The maximum Gasteiger partial charge on any atom is 0.270 e. The first-order chi connectivity index (χ1) is 10.2. The summed E-state index contributed by atoms with van der Waals surface area (Å²) in [5.41, 5.74) is 0.285. The van der Waals surface area contributed by atoms with Crippen LogP contribution in [0.5, 0.6) is 11.5 Å². The number of carbonyl (C=O) groups is 1. The topological polar surface area (TPSA) is 71.5 Å². The van der Waals surface area contributed by atoms with Gasteiger partial charge < -0.3 is 15.2 Å². The summed E-state index contributed by atoms with van der Waals surface area (Å²) >= 11 is 0. The molecule has 2 aromatic rings. The molecule has 0 aliphatic rings. The minimum absolute atomic E-state index is 0.0338. The summed E-state index contributed by atoms with van der Waals surface area (Å²) in [4.78, 5) is 16.1. The Labute approximate surface area is 123 Å². The van der Waals surface area contributed by atoms with E-state index >= 15 is 0 Å². The number of aliphatic hydroxyl groups excluding tert-OH is 1. The van der Waals surface area contributed by atoms with Gasteiger partial charge in [0, 0.05) is 24.9 Å². The van der Waals surface area contributed by atoms with Crippen molar-refractivity contribution in [3.63, 3.8) is 0 Å². The zero-order valence-electron chi connectivity index (χ0n) is 11.8. The highest BCUT2D eigenvalue weighted by Gasteiger charge is 2.11. The molecular weight excluding hydrogens is 268 g/mol. The number of hydrogen-bond acceptors (Lipinski definition) is 4. The minimum atomic E-state index is -0.283. The van der Waals surface area contributed by atoms with Gasteiger partial charge in [-0.3, -0.25) is 9.78 Å². The van der Waals surface area contributed by atoms with Gasteiger partial charge in [0.15, 0.2) is 0 Å². The first kappa shape index (κ1) is 15.0. The van der Waals surface area contributed by atoms with Crippen molar-refractivity contribution in [1.82, 2.24) is 10.3 Å². The number of nitrogens with one attached hydrogen (secondary N) is 1. The number of aliphatic hydroxyl groups is 1. The Hall–Kier alpha value is -2.40. The van der Waals surface area contributed by atoms with E-state index in [1.54, 1.807) is 12.1 Å². The zero-order valence-corrected chi connectivity index (χ0v) is 11.8. The molecule has 0 bridgehead atoms. The van der Waals surface area contributed by atoms with E-state index in [1.165, 1.54) is 6.20 Å². The second-order valence-electron chi connectivity index (χ2n) is 4.68. The third-order valence-corrected chi connectivity index (χ3v) is 2.88. The fourth-order valence-corrected chi connectivity index (χ4v) is 1.79. The molecule has 0 aliphatic carbocycles. The number of rotatable bonds is 6. The second-order valence-corrected chi connectivity index (χ2v) is 4.68. The summed E-state index contributed by atoms with van der Waals surface area (Å²) in [6, 6.07) is 12.5. The summed E-state index contributed by atoms with van der Waals surface area (Å²) in [6.07, 6.45) is 2.04. The van der Waals surface area contributed by atoms with Crippen molar-refractivity contribution < 1.29 is 14.6 Å². The van der Waals surface area contributed by atoms with Crippen LogP contribution in [0.2, 0.25) is 0 Å². The SMILES string of the molecule is CC(CCO)NC(=O)c1cc(Oc2ccccc2)ccn1. The maximum absolute atomic E-state index is 12.0. The minimum Gasteiger partial charge on any atom is -0.457 e. The zero-order chi connectivity index (χ0) is 15.1. The van der Waals surface area contributed by atoms with Crippen LogP contribution in [0, 0.1) is 0 Å². The van der Waals surface area contributed by atoms with Crippen molar-refractivity contribution in [3.8, 4) is 11.5 Å². The first-order valence-electron chi connectivity index (χ1n) is 6.79. The molecule has 0 saturated heterocycles. The van der Waals surface area contributed by atoms with E-state index in [0.29, 0.717) is 17.9 Å². The lowest BCUT2D eigenvalue weighted by molar-refractivity contribution is 0.0929. The second kappa shape index (κ2) is 7.40. The molecule has 110 valence electrons. The van der Waals surface area contributed by atoms with Gasteiger partial charge in [0.05, 0.1) is 0 Å². The first-order valence-corrected chi connectivity index (χ1v) is 6.79. The van der Waals surface area contributed by atoms with E-state index in [4.69, 9.17) is 9.84 Å². The molecule has 1 aromatic carbocycles. The Morgan fingerprint density at radius 1 is 1.29 bits per heavy atom. The number of benzene rings is 1. The standard InChI is InChI=1S/C16H18N2O3/c1-12(8-10-19)18-16(20)15-11-14(7-9-17-15)21-13-5-3-2-4-6-13/h2-7,9,11-12,19H,8,10H2,1H3,(H,18,20). The lowest BCUT2D eigenvalue weighted by Gasteiger charge is -2.12. The van der Waals surface area contributed by atoms with Crippen LogP contribution in [-0.4, -0.2) is 28.6 Å². The summed E-state index contributed by atoms with van der Waals surface area (Å²) in [6.45, 7) is 1.87. The van der Waals surface area contributed by atoms with Crippen molar-refractivity contribution in [1.29, 1.82) is 0 Å². The van der Waals surface area contributed by atoms with Crippen molar-refractivity contribution in [3.05, 3.63) is 54.4 Å². The van der Waals surface area contributed by atoms with Gasteiger partial charge in [-0.2, -0.15) is 0 Å². The van der Waals surface area contributed by atoms with Crippen molar-refractivity contribution in [2.45, 2.75) is 19.4 Å². The van der Waals surface area contributed by atoms with Crippen LogP contribution in [0.15, 0.2) is 48.7 Å². The Kier molecular flexibility index (Phi) is 5.29. The van der Waals surface area contributed by atoms with Crippen molar-refractivity contribution in [2.24, 2.45) is 0 Å². The van der Waals surface area contributed by atoms with Crippen LogP contribution in [0.4, 0.5) is 0 Å². The molecule has 1 amide bonds. The number of carbonyl (C=O) groups excluding carboxylic acids is 1. The molecule has 5 nitrogen and oxygen atoms in total. The number of aromatic nitrogens is 1. The lowest BCUT2D eigenvalue weighted by Crippen LogP contribution is -2.33. The number of pyridine rings is 1. The van der Waals surface area contributed by atoms with Gasteiger partial charge in [-0.15, -0.1) is 0 Å². The Morgan fingerprint density at radius 2 is 2.05 bits per heavy atom. The highest BCUT2D eigenvalue weighted by Crippen LogP contribution is 2.20. The van der Waals surface area contributed by atoms with Crippen molar-refractivity contribution >= 4 is 5.91 Å². The summed E-state index contributed by atoms with van der Waals surface area (Å²) in [5.74, 6) is 0.967. The van der Waals surface area contributed by atoms with Gasteiger partial charge in [-0.1, -0.05) is 18.2 Å². The Bertz CT molecular complexity index is 587. The molecule has 21 heavy (non-hydrogen) atoms. The monoisotopic (exact) mass is 286 g/mol. The summed E-state index contributed by atoms with van der Waals surface area (Å²) in [5, 5.41) is 11.6. The predicted molar refractivity (Wildman–Crippen MR) is 79.4 cm³/mol. The van der Waals surface area contributed by atoms with Gasteiger partial charge >= 0.3 is 0 Å². The molecule has 2 N–H and O–H groups in total. The van der Waals surface area contributed by atoms with E-state index in [1.807, 2.05) is 37.3 Å². The van der Waals surface area contributed by atoms with E-state index in [0.717, 1.165) is 0 Å². The average molecular weight is 286 g/mol. The van der Waals surface area contributed by atoms with E-state index in [2.05, 4.69) is 10.3 Å². The number of nitrogens with zero attached hydrogens (tertiary/aromatic N) is 1. The Balaban J connectivity index is 2.05. The van der Waals surface area contributed by atoms with Gasteiger partial charge in [-0.25, -0.2) is 0 Å². The molecule has 0 saturated carbocycles. The van der Waals surface area contributed by atoms with Crippen LogP contribution < -0.4 is 10.1 Å². The molecule has 0 fully saturated rings. The quantitative estimate of drug-likeness (QED) is 0.855. The third kappa shape index (κ3) is 4.57. The van der Waals surface area contributed by atoms with Crippen LogP contribution in [0.1, 0.15) is 23.8 Å². The molecule has 0 radical (unpaired) electrons. The highest BCUT2D eigenvalue weighted by atomic mass is 16.5. The fourth-order valence-electron chi connectivity index (χ4n) is 1.79. The van der Waals surface area contributed by atoms with Gasteiger partial charge in [0.2, 0.25) is 0 Å². The number of amides is 1. The third-order valence-electron chi connectivity index (χ3n) is 2.88. The van der Waals surface area contributed by atoms with Crippen molar-refractivity contribution in [2.75, 3.05) is 6.61 Å². The average Bonchev–Trinajstić information content (AvgIpc) is 2.49. The van der Waals surface area contributed by atoms with E-state index in [9.17, 15) is 4.79 Å². The van der Waals surface area contributed by atoms with Gasteiger partial charge in [-0.05, 0) is 31.5 Å². The highest BCUT2D eigenvalue weighted by molar-refractivity contribution is 5.92. The van der Waals surface area contributed by atoms with Crippen LogP contribution >= 0.6 is 0 Å². The summed E-state index contributed by atoms with van der Waals surface area (Å²) < 4.78 is 5.66. The molecule has 0 spiro atoms. The van der Waals surface area contributed by atoms with E-state index in [-0.39, 0.29) is 24.2 Å². The molecule has 1 aromatic heterocycles. The molecule has 5 heteroatoms. The molecule has 0 aliphatic heterocycles. The largest absolute Gasteiger partial charge is 0.457 e. The molecule has 1 atom stereocenters. The lowest BCUT2D eigenvalue weighted by atomic mass is 10.2. The maximum atomic E-state index is 12.0. The van der Waals surface area contributed by atoms with Gasteiger partial charge in [0.25, 0.3) is 5.91 Å². The molecule has 1 heterocycles. The van der Waals surface area contributed by atoms with E-state index < -0.39 is 0 Å². The van der Waals surface area contributed by atoms with Crippen LogP contribution in [0.3, 0.4) is 0 Å². The number of hydrogen-bond donors (Lipinski definition) is 2. The Morgan fingerprint density at radius 3 is 2.76 bits per heavy atom. The number of ether oxygens (including phenoxy) is 1. The molecule has 1 unspecified atom stereocenters. The van der Waals surface area contributed by atoms with Gasteiger partial charge in [0.1, 0.15) is 17.2 Å². The number of para-hydroxylation sites is 1. The predicted octanol–water partition coefficient (Wildman–Crippen LogP) is 2.37. The summed E-state index contributed by atoms with van der Waals surface area (Å²) in [7, 11) is 0.